The lowest BCUT2D eigenvalue weighted by Crippen LogP contribution is -2.35. The summed E-state index contributed by atoms with van der Waals surface area (Å²) in [7, 11) is 1.00. The summed E-state index contributed by atoms with van der Waals surface area (Å²) in [6, 6.07) is 0. The zero-order chi connectivity index (χ0) is 17.1. The summed E-state index contributed by atoms with van der Waals surface area (Å²) in [5.41, 5.74) is -0.569. The molecule has 122 valence electrons. The van der Waals surface area contributed by atoms with E-state index < -0.39 is 5.60 Å². The molecule has 0 aliphatic carbocycles. The molecule has 0 radical (unpaired) electrons. The van der Waals surface area contributed by atoms with Crippen LogP contribution in [0.15, 0.2) is 12.7 Å². The quantitative estimate of drug-likeness (QED) is 0.627. The number of rotatable bonds is 1. The van der Waals surface area contributed by atoms with E-state index in [0.717, 1.165) is 13.5 Å². The van der Waals surface area contributed by atoms with Crippen molar-refractivity contribution in [1.82, 2.24) is 0 Å². The molecule has 0 amide bonds. The average Bonchev–Trinajstić information content (AvgIpc) is 2.33. The van der Waals surface area contributed by atoms with Crippen LogP contribution in [-0.2, 0) is 0 Å². The molecule has 0 unspecified atom stereocenters. The Bertz CT molecular complexity index is 115. The number of hydrogen-bond acceptors (Lipinski definition) is 2. The van der Waals surface area contributed by atoms with Crippen LogP contribution in [0, 0.1) is 5.41 Å². The summed E-state index contributed by atoms with van der Waals surface area (Å²) in [4.78, 5) is 0. The van der Waals surface area contributed by atoms with Crippen molar-refractivity contribution in [2.24, 2.45) is 5.41 Å². The fourth-order valence-corrected chi connectivity index (χ4v) is 0. The van der Waals surface area contributed by atoms with E-state index >= 15 is 0 Å². The van der Waals surface area contributed by atoms with Crippen molar-refractivity contribution in [3.8, 4) is 0 Å². The van der Waals surface area contributed by atoms with E-state index in [1.165, 1.54) is 6.42 Å². The van der Waals surface area contributed by atoms with Gasteiger partial charge in [0.2, 0.25) is 0 Å². The first-order valence-corrected chi connectivity index (χ1v) is 7.36. The molecular formula is C17H42O2. The zero-order valence-electron chi connectivity index (χ0n) is 15.6. The van der Waals surface area contributed by atoms with Crippen molar-refractivity contribution in [3.05, 3.63) is 12.7 Å². The smallest absolute Gasteiger partial charge is 0.0639 e. The minimum absolute atomic E-state index is 0.00694. The van der Waals surface area contributed by atoms with E-state index in [1.54, 1.807) is 0 Å². The molecule has 0 saturated heterocycles. The Morgan fingerprint density at radius 1 is 0.895 bits per heavy atom. The van der Waals surface area contributed by atoms with E-state index in [0.29, 0.717) is 0 Å². The molecule has 0 spiro atoms. The fourth-order valence-electron chi connectivity index (χ4n) is 0. The Labute approximate surface area is 124 Å². The van der Waals surface area contributed by atoms with Crippen molar-refractivity contribution in [3.63, 3.8) is 0 Å². The van der Waals surface area contributed by atoms with Crippen LogP contribution in [0.4, 0.5) is 0 Å². The van der Waals surface area contributed by atoms with Crippen LogP contribution in [-0.4, -0.2) is 22.9 Å². The van der Waals surface area contributed by atoms with Gasteiger partial charge in [-0.2, -0.15) is 0 Å². The van der Waals surface area contributed by atoms with Crippen molar-refractivity contribution in [2.75, 3.05) is 7.11 Å². The molecule has 0 aliphatic rings. The van der Waals surface area contributed by atoms with Crippen molar-refractivity contribution < 1.29 is 10.2 Å². The second kappa shape index (κ2) is 22.8. The van der Waals surface area contributed by atoms with Gasteiger partial charge in [-0.3, -0.25) is 0 Å². The molecule has 0 aromatic rings. The number of aliphatic hydroxyl groups excluding tert-OH is 1. The van der Waals surface area contributed by atoms with Gasteiger partial charge in [-0.1, -0.05) is 67.9 Å². The Morgan fingerprint density at radius 3 is 1.00 bits per heavy atom. The second-order valence-corrected chi connectivity index (χ2v) is 5.21. The van der Waals surface area contributed by atoms with Crippen LogP contribution >= 0.6 is 0 Å². The largest absolute Gasteiger partial charge is 0.400 e. The normalized spacial score (nSPS) is 8.89. The van der Waals surface area contributed by atoms with E-state index in [2.05, 4.69) is 27.4 Å². The zero-order valence-corrected chi connectivity index (χ0v) is 15.6. The minimum Gasteiger partial charge on any atom is -0.400 e. The minimum atomic E-state index is -0.562. The predicted octanol–water partition coefficient (Wildman–Crippen LogP) is 5.44. The molecule has 2 heteroatoms. The summed E-state index contributed by atoms with van der Waals surface area (Å²) in [5.74, 6) is 0. The maximum absolute atomic E-state index is 9.35. The van der Waals surface area contributed by atoms with Gasteiger partial charge in [0.15, 0.2) is 0 Å². The maximum Gasteiger partial charge on any atom is 0.0639 e. The fraction of sp³-hybridized carbons (Fsp3) is 0.882. The van der Waals surface area contributed by atoms with Gasteiger partial charge in [0.25, 0.3) is 0 Å². The first-order valence-electron chi connectivity index (χ1n) is 7.36. The highest BCUT2D eigenvalue weighted by Gasteiger charge is 2.29. The van der Waals surface area contributed by atoms with E-state index in [9.17, 15) is 5.11 Å². The molecule has 0 rings (SSSR count). The van der Waals surface area contributed by atoms with Crippen LogP contribution < -0.4 is 0 Å². The molecule has 0 aromatic carbocycles. The summed E-state index contributed by atoms with van der Waals surface area (Å²) >= 11 is 0. The highest BCUT2D eigenvalue weighted by atomic mass is 16.3. The lowest BCUT2D eigenvalue weighted by molar-refractivity contribution is -0.0238. The third-order valence-corrected chi connectivity index (χ3v) is 2.12. The van der Waals surface area contributed by atoms with Crippen molar-refractivity contribution in [2.45, 2.75) is 87.7 Å². The van der Waals surface area contributed by atoms with Crippen LogP contribution in [0.25, 0.3) is 0 Å². The molecule has 19 heavy (non-hydrogen) atoms. The molecule has 2 nitrogen and oxygen atoms in total. The Hall–Kier alpha value is -0.340. The van der Waals surface area contributed by atoms with Crippen LogP contribution in [0.3, 0.4) is 0 Å². The maximum atomic E-state index is 9.35. The highest BCUT2D eigenvalue weighted by molar-refractivity contribution is 4.80. The van der Waals surface area contributed by atoms with Crippen LogP contribution in [0.2, 0.25) is 0 Å². The first kappa shape index (κ1) is 31.2. The highest BCUT2D eigenvalue weighted by Crippen LogP contribution is 2.28. The Morgan fingerprint density at radius 2 is 1.00 bits per heavy atom. The Balaban J connectivity index is -0.0000000504. The van der Waals surface area contributed by atoms with Crippen LogP contribution in [0.5, 0.6) is 0 Å². The van der Waals surface area contributed by atoms with Gasteiger partial charge >= 0.3 is 0 Å². The number of allylic oxidation sites excluding steroid dienone is 1. The lowest BCUT2D eigenvalue weighted by Gasteiger charge is -2.33. The molecule has 0 aromatic heterocycles. The molecular weight excluding hydrogens is 236 g/mol. The van der Waals surface area contributed by atoms with Gasteiger partial charge in [-0.15, -0.1) is 6.58 Å². The summed E-state index contributed by atoms with van der Waals surface area (Å²) < 4.78 is 0. The summed E-state index contributed by atoms with van der Waals surface area (Å²) in [5, 5.41) is 16.4. The van der Waals surface area contributed by atoms with Crippen molar-refractivity contribution in [1.29, 1.82) is 0 Å². The number of hydrogen-bond donors (Lipinski definition) is 2. The van der Waals surface area contributed by atoms with Crippen molar-refractivity contribution >= 4 is 0 Å². The van der Waals surface area contributed by atoms with Gasteiger partial charge in [0.05, 0.1) is 5.60 Å². The van der Waals surface area contributed by atoms with E-state index in [-0.39, 0.29) is 5.41 Å². The van der Waals surface area contributed by atoms with E-state index in [1.807, 2.05) is 54.5 Å². The molecule has 0 heterocycles. The summed E-state index contributed by atoms with van der Waals surface area (Å²) in [6.07, 6.45) is 4.21. The molecule has 0 fully saturated rings. The van der Waals surface area contributed by atoms with Gasteiger partial charge in [-0.05, 0) is 25.7 Å². The second-order valence-electron chi connectivity index (χ2n) is 5.21. The molecule has 0 aliphatic heterocycles. The average molecular weight is 279 g/mol. The standard InChI is InChI=1S/C7H16O.C4H8.C3H8.C2H6.CH4O/c1-6(2,3)7(4,5)8;1-3-4-2;1-3-2;2*1-2/h8H,1-5H3;3H,1,4H2,2H3;3H2,1-2H3;1-2H3;2H,1H3. The molecule has 2 N–H and O–H groups in total. The van der Waals surface area contributed by atoms with Crippen LogP contribution in [0.1, 0.15) is 82.1 Å². The van der Waals surface area contributed by atoms with Gasteiger partial charge in [0.1, 0.15) is 0 Å². The van der Waals surface area contributed by atoms with E-state index in [4.69, 9.17) is 5.11 Å². The molecule has 0 bridgehead atoms. The topological polar surface area (TPSA) is 40.5 Å². The first-order chi connectivity index (χ1) is 8.58. The van der Waals surface area contributed by atoms with Gasteiger partial charge in [-0.25, -0.2) is 0 Å². The monoisotopic (exact) mass is 278 g/mol. The summed E-state index contributed by atoms with van der Waals surface area (Å²) in [6.45, 7) is 23.5. The molecule has 0 saturated carbocycles. The van der Waals surface area contributed by atoms with Gasteiger partial charge < -0.3 is 10.2 Å². The predicted molar refractivity (Wildman–Crippen MR) is 91.7 cm³/mol. The third-order valence-electron chi connectivity index (χ3n) is 2.12. The Kier molecular flexibility index (Phi) is 37.4. The lowest BCUT2D eigenvalue weighted by atomic mass is 9.79. The SMILES string of the molecule is C=CCC.CC.CC(C)(C)C(C)(C)O.CCC.CO. The van der Waals surface area contributed by atoms with Gasteiger partial charge in [0, 0.05) is 7.11 Å². The molecule has 0 atom stereocenters. The number of aliphatic hydroxyl groups is 2. The third kappa shape index (κ3) is 46.4.